The molecular formula is C17H17BrF2N2O3S. The first-order valence-electron chi connectivity index (χ1n) is 7.45. The van der Waals surface area contributed by atoms with Gasteiger partial charge in [0.25, 0.3) is 5.91 Å². The van der Waals surface area contributed by atoms with E-state index in [0.717, 1.165) is 16.4 Å². The number of nitrogens with zero attached hydrogens (tertiary/aromatic N) is 2. The number of amides is 1. The van der Waals surface area contributed by atoms with E-state index < -0.39 is 32.5 Å². The molecule has 0 bridgehead atoms. The summed E-state index contributed by atoms with van der Waals surface area (Å²) in [6.07, 6.45) is 0. The van der Waals surface area contributed by atoms with Gasteiger partial charge in [-0.1, -0.05) is 22.0 Å². The normalized spacial score (nSPS) is 11.7. The van der Waals surface area contributed by atoms with Gasteiger partial charge in [0.2, 0.25) is 10.0 Å². The number of rotatable bonds is 5. The molecule has 2 aromatic carbocycles. The van der Waals surface area contributed by atoms with Gasteiger partial charge in [0, 0.05) is 37.7 Å². The lowest BCUT2D eigenvalue weighted by Crippen LogP contribution is -2.27. The average Bonchev–Trinajstić information content (AvgIpc) is 2.56. The molecule has 0 aromatic heterocycles. The van der Waals surface area contributed by atoms with Crippen molar-refractivity contribution in [3.05, 3.63) is 63.6 Å². The molecule has 0 heterocycles. The second kappa shape index (κ2) is 7.81. The van der Waals surface area contributed by atoms with Gasteiger partial charge in [-0.3, -0.25) is 4.79 Å². The molecule has 0 saturated heterocycles. The molecule has 0 N–H and O–H groups in total. The standard InChI is InChI=1S/C17H17BrF2N2O3S/c1-21(2)26(24,25)16-8-11(5-7-15(16)20)17(23)22(3)10-12-4-6-13(19)9-14(12)18/h4-9H,10H2,1-3H3. The van der Waals surface area contributed by atoms with Crippen molar-refractivity contribution in [2.24, 2.45) is 0 Å². The monoisotopic (exact) mass is 446 g/mol. The van der Waals surface area contributed by atoms with Gasteiger partial charge in [-0.05, 0) is 35.9 Å². The first-order valence-corrected chi connectivity index (χ1v) is 9.69. The largest absolute Gasteiger partial charge is 0.337 e. The van der Waals surface area contributed by atoms with Crippen LogP contribution in [0.4, 0.5) is 8.78 Å². The number of carbonyl (C=O) groups is 1. The van der Waals surface area contributed by atoms with Crippen LogP contribution >= 0.6 is 15.9 Å². The second-order valence-corrected chi connectivity index (χ2v) is 8.80. The van der Waals surface area contributed by atoms with Crippen LogP contribution in [0.1, 0.15) is 15.9 Å². The minimum absolute atomic E-state index is 0.0348. The van der Waals surface area contributed by atoms with Gasteiger partial charge in [-0.2, -0.15) is 0 Å². The maximum Gasteiger partial charge on any atom is 0.253 e. The Bertz CT molecular complexity index is 949. The summed E-state index contributed by atoms with van der Waals surface area (Å²) in [5.41, 5.74) is 0.707. The Labute approximate surface area is 159 Å². The highest BCUT2D eigenvalue weighted by Gasteiger charge is 2.24. The summed E-state index contributed by atoms with van der Waals surface area (Å²) in [4.78, 5) is 13.4. The summed E-state index contributed by atoms with van der Waals surface area (Å²) in [7, 11) is 0.0527. The van der Waals surface area contributed by atoms with E-state index in [2.05, 4.69) is 15.9 Å². The van der Waals surface area contributed by atoms with Crippen molar-refractivity contribution in [1.29, 1.82) is 0 Å². The molecule has 5 nitrogen and oxygen atoms in total. The van der Waals surface area contributed by atoms with Crippen LogP contribution in [0.25, 0.3) is 0 Å². The molecule has 0 saturated carbocycles. The van der Waals surface area contributed by atoms with E-state index in [9.17, 15) is 22.0 Å². The molecule has 2 aromatic rings. The predicted octanol–water partition coefficient (Wildman–Crippen LogP) is 3.25. The molecule has 0 aliphatic rings. The molecule has 0 spiro atoms. The van der Waals surface area contributed by atoms with Crippen molar-refractivity contribution in [2.45, 2.75) is 11.4 Å². The number of hydrogen-bond donors (Lipinski definition) is 0. The summed E-state index contributed by atoms with van der Waals surface area (Å²) in [6.45, 7) is 0.160. The maximum absolute atomic E-state index is 14.0. The van der Waals surface area contributed by atoms with Crippen molar-refractivity contribution >= 4 is 31.9 Å². The molecule has 0 unspecified atom stereocenters. The zero-order valence-electron chi connectivity index (χ0n) is 14.3. The molecule has 0 fully saturated rings. The molecule has 2 rings (SSSR count). The van der Waals surface area contributed by atoms with Gasteiger partial charge in [0.1, 0.15) is 16.5 Å². The van der Waals surface area contributed by atoms with Crippen LogP contribution < -0.4 is 0 Å². The first-order chi connectivity index (χ1) is 12.0. The predicted molar refractivity (Wildman–Crippen MR) is 97.2 cm³/mol. The number of sulfonamides is 1. The van der Waals surface area contributed by atoms with E-state index in [1.165, 1.54) is 50.3 Å². The van der Waals surface area contributed by atoms with Gasteiger partial charge < -0.3 is 4.90 Å². The summed E-state index contributed by atoms with van der Waals surface area (Å²) < 4.78 is 52.9. The van der Waals surface area contributed by atoms with Crippen LogP contribution in [0.2, 0.25) is 0 Å². The SMILES string of the molecule is CN(Cc1ccc(F)cc1Br)C(=O)c1ccc(F)c(S(=O)(=O)N(C)C)c1. The third-order valence-electron chi connectivity index (χ3n) is 3.71. The first kappa shape index (κ1) is 20.5. The van der Waals surface area contributed by atoms with Gasteiger partial charge >= 0.3 is 0 Å². The summed E-state index contributed by atoms with van der Waals surface area (Å²) in [5.74, 6) is -1.83. The minimum atomic E-state index is -4.02. The number of carbonyl (C=O) groups excluding carboxylic acids is 1. The topological polar surface area (TPSA) is 57.7 Å². The molecule has 0 radical (unpaired) electrons. The molecule has 0 aliphatic carbocycles. The summed E-state index contributed by atoms with van der Waals surface area (Å²) in [5, 5.41) is 0. The van der Waals surface area contributed by atoms with E-state index in [-0.39, 0.29) is 12.1 Å². The van der Waals surface area contributed by atoms with E-state index in [1.807, 2.05) is 0 Å². The highest BCUT2D eigenvalue weighted by Crippen LogP contribution is 2.22. The van der Waals surface area contributed by atoms with Crippen LogP contribution in [-0.2, 0) is 16.6 Å². The van der Waals surface area contributed by atoms with Crippen molar-refractivity contribution in [3.63, 3.8) is 0 Å². The Balaban J connectivity index is 2.32. The van der Waals surface area contributed by atoms with Crippen LogP contribution in [0.3, 0.4) is 0 Å². The highest BCUT2D eigenvalue weighted by atomic mass is 79.9. The Morgan fingerprint density at radius 3 is 2.31 bits per heavy atom. The Morgan fingerprint density at radius 2 is 1.73 bits per heavy atom. The van der Waals surface area contributed by atoms with Gasteiger partial charge in [-0.15, -0.1) is 0 Å². The molecule has 9 heteroatoms. The van der Waals surface area contributed by atoms with Crippen LogP contribution in [-0.4, -0.2) is 44.7 Å². The van der Waals surface area contributed by atoms with E-state index >= 15 is 0 Å². The Kier molecular flexibility index (Phi) is 6.15. The minimum Gasteiger partial charge on any atom is -0.337 e. The van der Waals surface area contributed by atoms with Crippen LogP contribution in [0, 0.1) is 11.6 Å². The Hall–Kier alpha value is -1.84. The van der Waals surface area contributed by atoms with E-state index in [0.29, 0.717) is 10.0 Å². The fraction of sp³-hybridized carbons (Fsp3) is 0.235. The highest BCUT2D eigenvalue weighted by molar-refractivity contribution is 9.10. The quantitative estimate of drug-likeness (QED) is 0.708. The van der Waals surface area contributed by atoms with Gasteiger partial charge in [0.15, 0.2) is 0 Å². The number of benzene rings is 2. The third-order valence-corrected chi connectivity index (χ3v) is 6.27. The maximum atomic E-state index is 14.0. The molecular weight excluding hydrogens is 430 g/mol. The number of halogens is 3. The lowest BCUT2D eigenvalue weighted by molar-refractivity contribution is 0.0784. The van der Waals surface area contributed by atoms with Crippen LogP contribution in [0.15, 0.2) is 45.8 Å². The lowest BCUT2D eigenvalue weighted by Gasteiger charge is -2.19. The summed E-state index contributed by atoms with van der Waals surface area (Å²) >= 11 is 3.23. The average molecular weight is 447 g/mol. The molecule has 140 valence electrons. The molecule has 26 heavy (non-hydrogen) atoms. The smallest absolute Gasteiger partial charge is 0.253 e. The zero-order valence-corrected chi connectivity index (χ0v) is 16.7. The van der Waals surface area contributed by atoms with E-state index in [1.54, 1.807) is 0 Å². The van der Waals surface area contributed by atoms with Crippen molar-refractivity contribution < 1.29 is 22.0 Å². The van der Waals surface area contributed by atoms with Gasteiger partial charge in [0.05, 0.1) is 0 Å². The number of hydrogen-bond acceptors (Lipinski definition) is 3. The van der Waals surface area contributed by atoms with Crippen molar-refractivity contribution in [3.8, 4) is 0 Å². The van der Waals surface area contributed by atoms with Crippen molar-refractivity contribution in [2.75, 3.05) is 21.1 Å². The summed E-state index contributed by atoms with van der Waals surface area (Å²) in [6, 6.07) is 7.29. The van der Waals surface area contributed by atoms with Crippen molar-refractivity contribution in [1.82, 2.24) is 9.21 Å². The van der Waals surface area contributed by atoms with E-state index in [4.69, 9.17) is 0 Å². The molecule has 0 atom stereocenters. The molecule has 1 amide bonds. The molecule has 0 aliphatic heterocycles. The van der Waals surface area contributed by atoms with Crippen LogP contribution in [0.5, 0.6) is 0 Å². The van der Waals surface area contributed by atoms with Gasteiger partial charge in [-0.25, -0.2) is 21.5 Å². The zero-order chi connectivity index (χ0) is 19.6. The fourth-order valence-corrected chi connectivity index (χ4v) is 3.69. The Morgan fingerprint density at radius 1 is 1.08 bits per heavy atom. The third kappa shape index (κ3) is 4.28. The second-order valence-electron chi connectivity index (χ2n) is 5.83. The lowest BCUT2D eigenvalue weighted by atomic mass is 10.1. The fourth-order valence-electron chi connectivity index (χ4n) is 2.23.